The molecule has 1 amide bonds. The minimum absolute atomic E-state index is 0.0402. The van der Waals surface area contributed by atoms with Crippen molar-refractivity contribution in [1.82, 2.24) is 4.90 Å². The molecule has 124 valence electrons. The maximum absolute atomic E-state index is 12.2. The summed E-state index contributed by atoms with van der Waals surface area (Å²) in [5.41, 5.74) is 0. The molecule has 1 aromatic heterocycles. The molecule has 22 heavy (non-hydrogen) atoms. The number of thiophene rings is 1. The number of hydrogen-bond acceptors (Lipinski definition) is 5. The van der Waals surface area contributed by atoms with Gasteiger partial charge >= 0.3 is 12.3 Å². The van der Waals surface area contributed by atoms with Crippen LogP contribution in [0, 0.1) is 0 Å². The van der Waals surface area contributed by atoms with Gasteiger partial charge in [-0.2, -0.15) is 13.2 Å². The largest absolute Gasteiger partial charge is 0.440 e. The van der Waals surface area contributed by atoms with Crippen molar-refractivity contribution in [3.8, 4) is 0 Å². The van der Waals surface area contributed by atoms with Crippen LogP contribution in [0.2, 0.25) is 0 Å². The number of ether oxygens (including phenoxy) is 1. The first-order valence-electron chi connectivity index (χ1n) is 6.42. The van der Waals surface area contributed by atoms with Crippen LogP contribution in [0.5, 0.6) is 0 Å². The molecule has 0 bridgehead atoms. The van der Waals surface area contributed by atoms with Crippen LogP contribution >= 0.6 is 11.3 Å². The van der Waals surface area contributed by atoms with Crippen molar-refractivity contribution in [2.45, 2.75) is 17.8 Å². The first-order chi connectivity index (χ1) is 10.2. The van der Waals surface area contributed by atoms with Gasteiger partial charge in [0.05, 0.1) is 11.0 Å². The molecule has 0 spiro atoms. The Labute approximate surface area is 129 Å². The van der Waals surface area contributed by atoms with E-state index in [1.54, 1.807) is 17.5 Å². The highest BCUT2D eigenvalue weighted by Gasteiger charge is 2.35. The number of rotatable bonds is 2. The summed E-state index contributed by atoms with van der Waals surface area (Å²) in [5.74, 6) is -0.295. The Morgan fingerprint density at radius 1 is 1.41 bits per heavy atom. The van der Waals surface area contributed by atoms with Crippen LogP contribution in [0.1, 0.15) is 16.5 Å². The summed E-state index contributed by atoms with van der Waals surface area (Å²) in [7, 11) is -3.45. The van der Waals surface area contributed by atoms with E-state index in [4.69, 9.17) is 0 Å². The number of carbonyl (C=O) groups is 1. The summed E-state index contributed by atoms with van der Waals surface area (Å²) >= 11 is 1.30. The molecule has 0 aliphatic carbocycles. The standard InChI is InChI=1S/C12H14F3NO4S2/c13-12(14,15)8-20-11(17)16-4-3-10(9-2-1-6-21-9)22(18,19)7-5-16/h1-2,6,10H,3-5,7-8H2/t10-/m1/s1. The quantitative estimate of drug-likeness (QED) is 0.816. The predicted octanol–water partition coefficient (Wildman–Crippen LogP) is 2.61. The molecule has 0 saturated carbocycles. The van der Waals surface area contributed by atoms with E-state index in [0.29, 0.717) is 4.88 Å². The highest BCUT2D eigenvalue weighted by atomic mass is 32.2. The summed E-state index contributed by atoms with van der Waals surface area (Å²) in [4.78, 5) is 13.3. The minimum atomic E-state index is -4.60. The number of alkyl halides is 3. The van der Waals surface area contributed by atoms with Gasteiger partial charge in [-0.3, -0.25) is 0 Å². The fourth-order valence-corrected chi connectivity index (χ4v) is 5.16. The molecule has 2 rings (SSSR count). The van der Waals surface area contributed by atoms with Crippen LogP contribution in [0.4, 0.5) is 18.0 Å². The molecule has 1 fully saturated rings. The van der Waals surface area contributed by atoms with E-state index >= 15 is 0 Å². The fourth-order valence-electron chi connectivity index (χ4n) is 2.16. The second-order valence-electron chi connectivity index (χ2n) is 4.82. The third-order valence-corrected chi connectivity index (χ3v) is 6.46. The molecule has 0 radical (unpaired) electrons. The van der Waals surface area contributed by atoms with Gasteiger partial charge in [-0.1, -0.05) is 6.07 Å². The van der Waals surface area contributed by atoms with Crippen LogP contribution in [-0.2, 0) is 14.6 Å². The highest BCUT2D eigenvalue weighted by Crippen LogP contribution is 2.32. The third kappa shape index (κ3) is 4.35. The molecule has 0 aromatic carbocycles. The van der Waals surface area contributed by atoms with Gasteiger partial charge in [0.15, 0.2) is 16.4 Å². The number of sulfone groups is 1. The first kappa shape index (κ1) is 17.1. The lowest BCUT2D eigenvalue weighted by Crippen LogP contribution is -2.36. The Bertz CT molecular complexity index is 613. The van der Waals surface area contributed by atoms with Crippen LogP contribution < -0.4 is 0 Å². The predicted molar refractivity (Wildman–Crippen MR) is 74.4 cm³/mol. The number of carbonyl (C=O) groups excluding carboxylic acids is 1. The van der Waals surface area contributed by atoms with Gasteiger partial charge in [-0.05, 0) is 17.9 Å². The maximum Gasteiger partial charge on any atom is 0.422 e. The average Bonchev–Trinajstić information content (AvgIpc) is 2.87. The maximum atomic E-state index is 12.2. The molecule has 10 heteroatoms. The lowest BCUT2D eigenvalue weighted by molar-refractivity contribution is -0.162. The Morgan fingerprint density at radius 3 is 2.73 bits per heavy atom. The van der Waals surface area contributed by atoms with Gasteiger partial charge in [0.1, 0.15) is 0 Å². The zero-order valence-corrected chi connectivity index (χ0v) is 13.0. The molecule has 0 unspecified atom stereocenters. The van der Waals surface area contributed by atoms with E-state index in [-0.39, 0.29) is 25.3 Å². The molecule has 2 heterocycles. The second kappa shape index (κ2) is 6.45. The number of amides is 1. The van der Waals surface area contributed by atoms with Crippen molar-refractivity contribution in [2.75, 3.05) is 25.4 Å². The number of halogens is 3. The fraction of sp³-hybridized carbons (Fsp3) is 0.583. The molecule has 5 nitrogen and oxygen atoms in total. The Morgan fingerprint density at radius 2 is 2.14 bits per heavy atom. The summed E-state index contributed by atoms with van der Waals surface area (Å²) in [6.07, 6.45) is -5.60. The van der Waals surface area contributed by atoms with Crippen molar-refractivity contribution in [3.05, 3.63) is 22.4 Å². The number of hydrogen-bond donors (Lipinski definition) is 0. The van der Waals surface area contributed by atoms with E-state index in [9.17, 15) is 26.4 Å². The van der Waals surface area contributed by atoms with Gasteiger partial charge in [-0.25, -0.2) is 13.2 Å². The van der Waals surface area contributed by atoms with E-state index in [0.717, 1.165) is 4.90 Å². The van der Waals surface area contributed by atoms with Gasteiger partial charge < -0.3 is 9.64 Å². The number of nitrogens with zero attached hydrogens (tertiary/aromatic N) is 1. The van der Waals surface area contributed by atoms with Crippen LogP contribution in [-0.4, -0.2) is 51.0 Å². The monoisotopic (exact) mass is 357 g/mol. The summed E-state index contributed by atoms with van der Waals surface area (Å²) in [6.45, 7) is -1.80. The second-order valence-corrected chi connectivity index (χ2v) is 8.10. The Hall–Kier alpha value is -1.29. The summed E-state index contributed by atoms with van der Waals surface area (Å²) in [5, 5.41) is 1.03. The molecule has 1 aliphatic rings. The first-order valence-corrected chi connectivity index (χ1v) is 9.02. The normalized spacial score (nSPS) is 22.1. The van der Waals surface area contributed by atoms with Crippen LogP contribution in [0.25, 0.3) is 0 Å². The molecule has 1 atom stereocenters. The van der Waals surface area contributed by atoms with E-state index in [2.05, 4.69) is 4.74 Å². The molecule has 1 aromatic rings. The molecular weight excluding hydrogens is 343 g/mol. The smallest absolute Gasteiger partial charge is 0.422 e. The van der Waals surface area contributed by atoms with E-state index in [1.807, 2.05) is 0 Å². The van der Waals surface area contributed by atoms with Gasteiger partial charge in [0.2, 0.25) is 0 Å². The summed E-state index contributed by atoms with van der Waals surface area (Å²) < 4.78 is 64.8. The topological polar surface area (TPSA) is 63.7 Å². The Kier molecular flexibility index (Phi) is 5.00. The zero-order valence-electron chi connectivity index (χ0n) is 11.4. The van der Waals surface area contributed by atoms with Gasteiger partial charge in [0.25, 0.3) is 0 Å². The van der Waals surface area contributed by atoms with Crippen molar-refractivity contribution in [3.63, 3.8) is 0 Å². The highest BCUT2D eigenvalue weighted by molar-refractivity contribution is 7.91. The lowest BCUT2D eigenvalue weighted by Gasteiger charge is -2.19. The third-order valence-electron chi connectivity index (χ3n) is 3.22. The van der Waals surface area contributed by atoms with Crippen molar-refractivity contribution < 1.29 is 31.1 Å². The van der Waals surface area contributed by atoms with Gasteiger partial charge in [0, 0.05) is 18.0 Å². The SMILES string of the molecule is O=C(OCC(F)(F)F)N1CC[C@H](c2cccs2)S(=O)(=O)CC1. The Balaban J connectivity index is 2.03. The molecule has 1 saturated heterocycles. The summed E-state index contributed by atoms with van der Waals surface area (Å²) in [6, 6.07) is 3.43. The van der Waals surface area contributed by atoms with Crippen LogP contribution in [0.3, 0.4) is 0 Å². The zero-order chi connectivity index (χ0) is 16.4. The van der Waals surface area contributed by atoms with E-state index in [1.165, 1.54) is 11.3 Å². The van der Waals surface area contributed by atoms with Crippen molar-refractivity contribution in [2.24, 2.45) is 0 Å². The molecular formula is C12H14F3NO4S2. The minimum Gasteiger partial charge on any atom is -0.440 e. The average molecular weight is 357 g/mol. The van der Waals surface area contributed by atoms with Crippen LogP contribution in [0.15, 0.2) is 17.5 Å². The van der Waals surface area contributed by atoms with Gasteiger partial charge in [-0.15, -0.1) is 11.3 Å². The van der Waals surface area contributed by atoms with Crippen molar-refractivity contribution >= 4 is 27.3 Å². The lowest BCUT2D eigenvalue weighted by atomic mass is 10.2. The molecule has 1 aliphatic heterocycles. The van der Waals surface area contributed by atoms with E-state index < -0.39 is 34.0 Å². The molecule has 0 N–H and O–H groups in total. The van der Waals surface area contributed by atoms with Crippen molar-refractivity contribution in [1.29, 1.82) is 0 Å².